The van der Waals surface area contributed by atoms with Gasteiger partial charge in [0.2, 0.25) is 5.91 Å². The molecule has 0 aromatic heterocycles. The lowest BCUT2D eigenvalue weighted by Gasteiger charge is -2.09. The second-order valence-electron chi connectivity index (χ2n) is 4.54. The third kappa shape index (κ3) is 5.32. The lowest BCUT2D eigenvalue weighted by Crippen LogP contribution is -2.30. The smallest absolute Gasteiger partial charge is 0.244 e. The number of nitrogens with one attached hydrogen (secondary N) is 1. The first-order valence-electron chi connectivity index (χ1n) is 6.39. The van der Waals surface area contributed by atoms with Crippen LogP contribution >= 0.6 is 0 Å². The minimum Gasteiger partial charge on any atom is -0.493 e. The number of carbonyl (C=O) groups excluding carboxylic acids is 1. The molecule has 0 saturated heterocycles. The van der Waals surface area contributed by atoms with E-state index in [0.29, 0.717) is 18.0 Å². The van der Waals surface area contributed by atoms with Crippen molar-refractivity contribution in [1.29, 1.82) is 0 Å². The summed E-state index contributed by atoms with van der Waals surface area (Å²) in [6.07, 6.45) is 3.25. The Kier molecular flexibility index (Phi) is 6.59. The van der Waals surface area contributed by atoms with Crippen LogP contribution in [0, 0.1) is 0 Å². The van der Waals surface area contributed by atoms with Gasteiger partial charge in [0, 0.05) is 19.2 Å². The molecule has 5 heteroatoms. The molecule has 5 nitrogen and oxygen atoms in total. The fourth-order valence-corrected chi connectivity index (χ4v) is 1.59. The molecule has 0 radical (unpaired) electrons. The van der Waals surface area contributed by atoms with Gasteiger partial charge in [-0.05, 0) is 37.9 Å². The quantitative estimate of drug-likeness (QED) is 0.766. The number of carbonyl (C=O) groups is 1. The Labute approximate surface area is 120 Å². The highest BCUT2D eigenvalue weighted by Gasteiger charge is 2.03. The molecule has 0 bridgehead atoms. The Balaban J connectivity index is 2.59. The number of nitrogens with zero attached hydrogens (tertiary/aromatic N) is 1. The van der Waals surface area contributed by atoms with Crippen molar-refractivity contribution in [1.82, 2.24) is 10.2 Å². The van der Waals surface area contributed by atoms with Gasteiger partial charge >= 0.3 is 0 Å². The van der Waals surface area contributed by atoms with Gasteiger partial charge < -0.3 is 19.7 Å². The van der Waals surface area contributed by atoms with E-state index in [4.69, 9.17) is 9.47 Å². The minimum atomic E-state index is -0.110. The van der Waals surface area contributed by atoms with Crippen molar-refractivity contribution in [2.75, 3.05) is 41.4 Å². The highest BCUT2D eigenvalue weighted by Crippen LogP contribution is 2.27. The van der Waals surface area contributed by atoms with Gasteiger partial charge in [0.05, 0.1) is 14.2 Å². The Bertz CT molecular complexity index is 470. The second kappa shape index (κ2) is 8.22. The zero-order chi connectivity index (χ0) is 15.0. The molecule has 0 unspecified atom stereocenters. The van der Waals surface area contributed by atoms with Gasteiger partial charge in [0.15, 0.2) is 11.5 Å². The van der Waals surface area contributed by atoms with Gasteiger partial charge in [-0.2, -0.15) is 0 Å². The van der Waals surface area contributed by atoms with Gasteiger partial charge in [0.1, 0.15) is 0 Å². The highest BCUT2D eigenvalue weighted by atomic mass is 16.5. The van der Waals surface area contributed by atoms with Crippen molar-refractivity contribution in [3.8, 4) is 11.5 Å². The maximum Gasteiger partial charge on any atom is 0.244 e. The fraction of sp³-hybridized carbons (Fsp3) is 0.400. The molecular formula is C15H22N2O3. The first kappa shape index (κ1) is 16.0. The first-order valence-corrected chi connectivity index (χ1v) is 6.39. The lowest BCUT2D eigenvalue weighted by molar-refractivity contribution is -0.116. The van der Waals surface area contributed by atoms with Crippen molar-refractivity contribution >= 4 is 12.0 Å². The normalized spacial score (nSPS) is 10.8. The molecule has 20 heavy (non-hydrogen) atoms. The maximum absolute atomic E-state index is 11.6. The zero-order valence-corrected chi connectivity index (χ0v) is 12.5. The maximum atomic E-state index is 11.6. The molecule has 0 aliphatic heterocycles. The van der Waals surface area contributed by atoms with E-state index in [1.54, 1.807) is 20.3 Å². The average molecular weight is 278 g/mol. The fourth-order valence-electron chi connectivity index (χ4n) is 1.59. The predicted molar refractivity (Wildman–Crippen MR) is 80.1 cm³/mol. The summed E-state index contributed by atoms with van der Waals surface area (Å²) < 4.78 is 10.4. The van der Waals surface area contributed by atoms with Crippen molar-refractivity contribution in [3.63, 3.8) is 0 Å². The molecular weight excluding hydrogens is 256 g/mol. The Morgan fingerprint density at radius 1 is 1.25 bits per heavy atom. The van der Waals surface area contributed by atoms with E-state index in [9.17, 15) is 4.79 Å². The first-order chi connectivity index (χ1) is 9.56. The number of benzene rings is 1. The van der Waals surface area contributed by atoms with E-state index in [2.05, 4.69) is 5.32 Å². The Morgan fingerprint density at radius 3 is 2.55 bits per heavy atom. The summed E-state index contributed by atoms with van der Waals surface area (Å²) in [6, 6.07) is 5.50. The molecule has 0 aliphatic carbocycles. The van der Waals surface area contributed by atoms with Crippen LogP contribution < -0.4 is 14.8 Å². The second-order valence-corrected chi connectivity index (χ2v) is 4.54. The molecule has 0 heterocycles. The molecule has 1 aromatic rings. The standard InChI is InChI=1S/C15H22N2O3/c1-17(2)10-9-16-15(18)8-6-12-5-7-13(19-3)14(11-12)20-4/h5-8,11H,9-10H2,1-4H3,(H,16,18)/b8-6+. The van der Waals surface area contributed by atoms with Crippen LogP contribution in [0.4, 0.5) is 0 Å². The van der Waals surface area contributed by atoms with Crippen LogP contribution in [0.15, 0.2) is 24.3 Å². The van der Waals surface area contributed by atoms with Crippen LogP contribution in [-0.2, 0) is 4.79 Å². The molecule has 0 spiro atoms. The van der Waals surface area contributed by atoms with Gasteiger partial charge in [-0.1, -0.05) is 6.07 Å². The highest BCUT2D eigenvalue weighted by molar-refractivity contribution is 5.91. The molecule has 0 saturated carbocycles. The van der Waals surface area contributed by atoms with E-state index in [-0.39, 0.29) is 5.91 Å². The summed E-state index contributed by atoms with van der Waals surface area (Å²) in [6.45, 7) is 1.44. The molecule has 1 rings (SSSR count). The molecule has 0 aliphatic rings. The molecule has 1 aromatic carbocycles. The average Bonchev–Trinajstić information content (AvgIpc) is 2.44. The van der Waals surface area contributed by atoms with Crippen molar-refractivity contribution in [2.24, 2.45) is 0 Å². The molecule has 1 amide bonds. The summed E-state index contributed by atoms with van der Waals surface area (Å²) >= 11 is 0. The number of ether oxygens (including phenoxy) is 2. The number of likely N-dealkylation sites (N-methyl/N-ethyl adjacent to an activating group) is 1. The van der Waals surface area contributed by atoms with Crippen LogP contribution in [0.5, 0.6) is 11.5 Å². The summed E-state index contributed by atoms with van der Waals surface area (Å²) in [5.41, 5.74) is 0.880. The topological polar surface area (TPSA) is 50.8 Å². The monoisotopic (exact) mass is 278 g/mol. The van der Waals surface area contributed by atoms with Crippen LogP contribution in [0.25, 0.3) is 6.08 Å². The number of hydrogen-bond donors (Lipinski definition) is 1. The van der Waals surface area contributed by atoms with Crippen LogP contribution in [0.2, 0.25) is 0 Å². The largest absolute Gasteiger partial charge is 0.493 e. The predicted octanol–water partition coefficient (Wildman–Crippen LogP) is 1.39. The Hall–Kier alpha value is -2.01. The minimum absolute atomic E-state index is 0.110. The number of amides is 1. The zero-order valence-electron chi connectivity index (χ0n) is 12.5. The molecule has 0 fully saturated rings. The van der Waals surface area contributed by atoms with Crippen LogP contribution in [0.3, 0.4) is 0 Å². The summed E-state index contributed by atoms with van der Waals surface area (Å²) in [5, 5.41) is 2.81. The van der Waals surface area contributed by atoms with Crippen LogP contribution in [0.1, 0.15) is 5.56 Å². The van der Waals surface area contributed by atoms with Crippen molar-refractivity contribution in [3.05, 3.63) is 29.8 Å². The van der Waals surface area contributed by atoms with Gasteiger partial charge in [-0.15, -0.1) is 0 Å². The van der Waals surface area contributed by atoms with E-state index in [1.165, 1.54) is 6.08 Å². The van der Waals surface area contributed by atoms with E-state index >= 15 is 0 Å². The van der Waals surface area contributed by atoms with Crippen molar-refractivity contribution < 1.29 is 14.3 Å². The third-order valence-corrected chi connectivity index (χ3v) is 2.69. The Morgan fingerprint density at radius 2 is 1.95 bits per heavy atom. The van der Waals surface area contributed by atoms with E-state index in [1.807, 2.05) is 37.2 Å². The molecule has 1 N–H and O–H groups in total. The number of rotatable bonds is 7. The summed E-state index contributed by atoms with van der Waals surface area (Å²) in [4.78, 5) is 13.6. The van der Waals surface area contributed by atoms with E-state index in [0.717, 1.165) is 12.1 Å². The van der Waals surface area contributed by atoms with Crippen LogP contribution in [-0.4, -0.2) is 52.2 Å². The lowest BCUT2D eigenvalue weighted by atomic mass is 10.2. The number of hydrogen-bond acceptors (Lipinski definition) is 4. The van der Waals surface area contributed by atoms with Gasteiger partial charge in [-0.25, -0.2) is 0 Å². The third-order valence-electron chi connectivity index (χ3n) is 2.69. The van der Waals surface area contributed by atoms with Gasteiger partial charge in [0.25, 0.3) is 0 Å². The molecule has 0 atom stereocenters. The molecule has 110 valence electrons. The number of methoxy groups -OCH3 is 2. The summed E-state index contributed by atoms with van der Waals surface area (Å²) in [5.74, 6) is 1.20. The SMILES string of the molecule is COc1ccc(/C=C/C(=O)NCCN(C)C)cc1OC. The summed E-state index contributed by atoms with van der Waals surface area (Å²) in [7, 11) is 7.10. The van der Waals surface area contributed by atoms with Gasteiger partial charge in [-0.3, -0.25) is 4.79 Å². The van der Waals surface area contributed by atoms with E-state index < -0.39 is 0 Å². The van der Waals surface area contributed by atoms with Crippen molar-refractivity contribution in [2.45, 2.75) is 0 Å².